The van der Waals surface area contributed by atoms with Crippen LogP contribution in [0.1, 0.15) is 29.1 Å². The van der Waals surface area contributed by atoms with Crippen LogP contribution in [-0.4, -0.2) is 41.9 Å². The van der Waals surface area contributed by atoms with Crippen LogP contribution in [0, 0.1) is 0 Å². The van der Waals surface area contributed by atoms with Gasteiger partial charge in [-0.2, -0.15) is 9.29 Å². The second kappa shape index (κ2) is 7.82. The van der Waals surface area contributed by atoms with Crippen LogP contribution in [-0.2, 0) is 21.4 Å². The standard InChI is InChI=1S/C18H17N3O5S2/c22-18(25-12-16-19-17(20-26-16)15-4-3-11-27-15)13-5-7-14(8-6-13)28(23,24)21-9-1-2-10-21/h3-8,11H,1-2,9-10,12H2. The van der Waals surface area contributed by atoms with Crippen molar-refractivity contribution in [3.05, 3.63) is 53.2 Å². The average molecular weight is 419 g/mol. The van der Waals surface area contributed by atoms with Crippen molar-refractivity contribution in [2.24, 2.45) is 0 Å². The molecular formula is C18H17N3O5S2. The van der Waals surface area contributed by atoms with Crippen LogP contribution >= 0.6 is 11.3 Å². The summed E-state index contributed by atoms with van der Waals surface area (Å²) in [7, 11) is -3.51. The Bertz CT molecular complexity index is 1050. The van der Waals surface area contributed by atoms with E-state index in [0.29, 0.717) is 18.9 Å². The molecule has 10 heteroatoms. The van der Waals surface area contributed by atoms with Gasteiger partial charge in [0.2, 0.25) is 15.8 Å². The van der Waals surface area contributed by atoms with Crippen molar-refractivity contribution >= 4 is 27.3 Å². The van der Waals surface area contributed by atoms with Gasteiger partial charge in [0.15, 0.2) is 6.61 Å². The molecule has 0 radical (unpaired) electrons. The number of carbonyl (C=O) groups excluding carboxylic acids is 1. The van der Waals surface area contributed by atoms with Crippen molar-refractivity contribution in [1.29, 1.82) is 0 Å². The number of esters is 1. The predicted octanol–water partition coefficient (Wildman–Crippen LogP) is 2.94. The summed E-state index contributed by atoms with van der Waals surface area (Å²) < 4.78 is 36.7. The highest BCUT2D eigenvalue weighted by atomic mass is 32.2. The monoisotopic (exact) mass is 419 g/mol. The Balaban J connectivity index is 1.39. The van der Waals surface area contributed by atoms with Crippen molar-refractivity contribution in [1.82, 2.24) is 14.4 Å². The molecule has 146 valence electrons. The molecule has 8 nitrogen and oxygen atoms in total. The number of sulfonamides is 1. The fourth-order valence-corrected chi connectivity index (χ4v) is 5.04. The lowest BCUT2D eigenvalue weighted by molar-refractivity contribution is 0.0429. The van der Waals surface area contributed by atoms with E-state index in [9.17, 15) is 13.2 Å². The summed E-state index contributed by atoms with van der Waals surface area (Å²) in [5.74, 6) is 0.0310. The zero-order valence-electron chi connectivity index (χ0n) is 14.8. The molecule has 1 fully saturated rings. The topological polar surface area (TPSA) is 103 Å². The SMILES string of the molecule is O=C(OCc1nc(-c2cccs2)no1)c1ccc(S(=O)(=O)N2CCCC2)cc1. The third-order valence-electron chi connectivity index (χ3n) is 4.33. The second-order valence-corrected chi connectivity index (χ2v) is 9.09. The number of aromatic nitrogens is 2. The molecule has 0 saturated carbocycles. The molecule has 0 unspecified atom stereocenters. The largest absolute Gasteiger partial charge is 0.452 e. The highest BCUT2D eigenvalue weighted by molar-refractivity contribution is 7.89. The lowest BCUT2D eigenvalue weighted by Crippen LogP contribution is -2.27. The molecule has 1 aliphatic rings. The maximum Gasteiger partial charge on any atom is 0.338 e. The van der Waals surface area contributed by atoms with Crippen LogP contribution in [0.5, 0.6) is 0 Å². The Morgan fingerprint density at radius 1 is 1.18 bits per heavy atom. The summed E-state index contributed by atoms with van der Waals surface area (Å²) in [5, 5.41) is 5.75. The molecule has 0 aliphatic carbocycles. The van der Waals surface area contributed by atoms with Crippen molar-refractivity contribution in [3.63, 3.8) is 0 Å². The maximum absolute atomic E-state index is 12.5. The number of ether oxygens (including phenoxy) is 1. The quantitative estimate of drug-likeness (QED) is 0.566. The third kappa shape index (κ3) is 3.84. The van der Waals surface area contributed by atoms with Crippen molar-refractivity contribution in [2.45, 2.75) is 24.3 Å². The molecule has 0 amide bonds. The van der Waals surface area contributed by atoms with Crippen LogP contribution < -0.4 is 0 Å². The Labute approximate surface area is 165 Å². The number of benzene rings is 1. The first kappa shape index (κ1) is 18.8. The van der Waals surface area contributed by atoms with Gasteiger partial charge in [0.05, 0.1) is 15.3 Å². The summed E-state index contributed by atoms with van der Waals surface area (Å²) in [6.07, 6.45) is 1.74. The molecule has 4 rings (SSSR count). The molecule has 28 heavy (non-hydrogen) atoms. The normalized spacial score (nSPS) is 15.0. The van der Waals surface area contributed by atoms with Crippen LogP contribution in [0.15, 0.2) is 51.2 Å². The third-order valence-corrected chi connectivity index (χ3v) is 7.11. The van der Waals surface area contributed by atoms with E-state index >= 15 is 0 Å². The van der Waals surface area contributed by atoms with E-state index in [1.54, 1.807) is 0 Å². The zero-order valence-corrected chi connectivity index (χ0v) is 16.4. The molecule has 0 bridgehead atoms. The van der Waals surface area contributed by atoms with Gasteiger partial charge < -0.3 is 9.26 Å². The fraction of sp³-hybridized carbons (Fsp3) is 0.278. The number of thiophene rings is 1. The van der Waals surface area contributed by atoms with Crippen molar-refractivity contribution in [2.75, 3.05) is 13.1 Å². The second-order valence-electron chi connectivity index (χ2n) is 6.20. The lowest BCUT2D eigenvalue weighted by Gasteiger charge is -2.15. The van der Waals surface area contributed by atoms with Gasteiger partial charge >= 0.3 is 5.97 Å². The van der Waals surface area contributed by atoms with E-state index in [1.807, 2.05) is 17.5 Å². The molecule has 0 atom stereocenters. The summed E-state index contributed by atoms with van der Waals surface area (Å²) in [6.45, 7) is 0.901. The van der Waals surface area contributed by atoms with Crippen molar-refractivity contribution < 1.29 is 22.5 Å². The molecule has 1 saturated heterocycles. The van der Waals surface area contributed by atoms with Crippen LogP contribution in [0.2, 0.25) is 0 Å². The van der Waals surface area contributed by atoms with Gasteiger partial charge in [-0.1, -0.05) is 11.2 Å². The Hall–Kier alpha value is -2.56. The first-order chi connectivity index (χ1) is 13.5. The van der Waals surface area contributed by atoms with E-state index in [0.717, 1.165) is 17.7 Å². The summed E-state index contributed by atoms with van der Waals surface area (Å²) in [6, 6.07) is 9.47. The first-order valence-electron chi connectivity index (χ1n) is 8.68. The molecule has 3 aromatic rings. The number of nitrogens with zero attached hydrogens (tertiary/aromatic N) is 3. The van der Waals surface area contributed by atoms with Gasteiger partial charge in [0.1, 0.15) is 0 Å². The Kier molecular flexibility index (Phi) is 5.25. The fourth-order valence-electron chi connectivity index (χ4n) is 2.87. The van der Waals surface area contributed by atoms with Crippen LogP contribution in [0.3, 0.4) is 0 Å². The maximum atomic E-state index is 12.5. The Morgan fingerprint density at radius 3 is 2.61 bits per heavy atom. The number of hydrogen-bond acceptors (Lipinski definition) is 8. The summed E-state index contributed by atoms with van der Waals surface area (Å²) >= 11 is 1.48. The number of rotatable bonds is 6. The van der Waals surface area contributed by atoms with E-state index in [-0.39, 0.29) is 23.0 Å². The zero-order chi connectivity index (χ0) is 19.6. The van der Waals surface area contributed by atoms with Gasteiger partial charge in [0.25, 0.3) is 5.89 Å². The predicted molar refractivity (Wildman–Crippen MR) is 101 cm³/mol. The minimum absolute atomic E-state index is 0.162. The van der Waals surface area contributed by atoms with Gasteiger partial charge in [-0.3, -0.25) is 0 Å². The van der Waals surface area contributed by atoms with E-state index in [1.165, 1.54) is 39.9 Å². The molecule has 0 spiro atoms. The van der Waals surface area contributed by atoms with Gasteiger partial charge in [-0.15, -0.1) is 11.3 Å². The van der Waals surface area contributed by atoms with Crippen LogP contribution in [0.25, 0.3) is 10.7 Å². The highest BCUT2D eigenvalue weighted by Crippen LogP contribution is 2.22. The molecular weight excluding hydrogens is 402 g/mol. The van der Waals surface area contributed by atoms with E-state index < -0.39 is 16.0 Å². The van der Waals surface area contributed by atoms with Gasteiger partial charge in [-0.25, -0.2) is 13.2 Å². The summed E-state index contributed by atoms with van der Waals surface area (Å²) in [5.41, 5.74) is 0.248. The van der Waals surface area contributed by atoms with Crippen LogP contribution in [0.4, 0.5) is 0 Å². The molecule has 1 aliphatic heterocycles. The van der Waals surface area contributed by atoms with E-state index in [4.69, 9.17) is 9.26 Å². The highest BCUT2D eigenvalue weighted by Gasteiger charge is 2.27. The number of hydrogen-bond donors (Lipinski definition) is 0. The van der Waals surface area contributed by atoms with Crippen molar-refractivity contribution in [3.8, 4) is 10.7 Å². The smallest absolute Gasteiger partial charge is 0.338 e. The molecule has 1 aromatic carbocycles. The first-order valence-corrected chi connectivity index (χ1v) is 11.0. The lowest BCUT2D eigenvalue weighted by atomic mass is 10.2. The summed E-state index contributed by atoms with van der Waals surface area (Å²) in [4.78, 5) is 17.4. The molecule has 0 N–H and O–H groups in total. The molecule has 2 aromatic heterocycles. The Morgan fingerprint density at radius 2 is 1.93 bits per heavy atom. The number of carbonyl (C=O) groups is 1. The minimum Gasteiger partial charge on any atom is -0.452 e. The van der Waals surface area contributed by atoms with Gasteiger partial charge in [0, 0.05) is 13.1 Å². The molecule has 3 heterocycles. The average Bonchev–Trinajstić information content (AvgIpc) is 3.48. The van der Waals surface area contributed by atoms with Gasteiger partial charge in [-0.05, 0) is 48.6 Å². The van der Waals surface area contributed by atoms with E-state index in [2.05, 4.69) is 10.1 Å². The minimum atomic E-state index is -3.51.